The summed E-state index contributed by atoms with van der Waals surface area (Å²) in [4.78, 5) is 2.49. The minimum atomic E-state index is -0.337. The minimum Gasteiger partial charge on any atom is -0.475 e. The molecule has 142 valence electrons. The fraction of sp³-hybridized carbons (Fsp3) is 0.381. The molecule has 4 rings (SSSR count). The highest BCUT2D eigenvalue weighted by atomic mass is 35.5. The summed E-state index contributed by atoms with van der Waals surface area (Å²) in [6.07, 6.45) is 3.33. The van der Waals surface area contributed by atoms with Crippen LogP contribution in [0.25, 0.3) is 11.0 Å². The Labute approximate surface area is 162 Å². The van der Waals surface area contributed by atoms with Gasteiger partial charge in [-0.05, 0) is 73.3 Å². The molecule has 27 heavy (non-hydrogen) atoms. The molecule has 2 heterocycles. The standard InChI is InChI=1S/C21H22ClFN2O2/c22-17-3-1-16(2-4-17)14-25-10-7-15(8-11-25)9-12-26-21-19-6-5-18(23)13-20(19)27-24-21/h1-6,13,15H,7-12,14H2. The third-order valence-electron chi connectivity index (χ3n) is 5.19. The van der Waals surface area contributed by atoms with Crippen LogP contribution in [0.5, 0.6) is 5.88 Å². The number of rotatable bonds is 6. The first-order valence-electron chi connectivity index (χ1n) is 9.32. The molecule has 1 fully saturated rings. The van der Waals surface area contributed by atoms with Crippen LogP contribution < -0.4 is 4.74 Å². The van der Waals surface area contributed by atoms with Gasteiger partial charge in [-0.2, -0.15) is 0 Å². The number of hydrogen-bond donors (Lipinski definition) is 0. The van der Waals surface area contributed by atoms with E-state index in [9.17, 15) is 4.39 Å². The molecule has 2 aromatic carbocycles. The summed E-state index contributed by atoms with van der Waals surface area (Å²) in [5, 5.41) is 5.40. The van der Waals surface area contributed by atoms with Gasteiger partial charge < -0.3 is 9.26 Å². The second kappa shape index (κ2) is 8.28. The van der Waals surface area contributed by atoms with Crippen LogP contribution in [-0.2, 0) is 6.54 Å². The van der Waals surface area contributed by atoms with Gasteiger partial charge >= 0.3 is 0 Å². The van der Waals surface area contributed by atoms with Crippen LogP contribution in [0.15, 0.2) is 47.0 Å². The van der Waals surface area contributed by atoms with E-state index in [0.717, 1.165) is 31.1 Å². The molecular weight excluding hydrogens is 367 g/mol. The molecule has 4 nitrogen and oxygen atoms in total. The Hall–Kier alpha value is -2.11. The smallest absolute Gasteiger partial charge is 0.262 e. The van der Waals surface area contributed by atoms with E-state index in [1.807, 2.05) is 12.1 Å². The number of hydrogen-bond acceptors (Lipinski definition) is 4. The second-order valence-corrected chi connectivity index (χ2v) is 7.55. The van der Waals surface area contributed by atoms with E-state index in [1.165, 1.54) is 30.5 Å². The maximum atomic E-state index is 13.2. The van der Waals surface area contributed by atoms with Crippen LogP contribution in [0.4, 0.5) is 4.39 Å². The summed E-state index contributed by atoms with van der Waals surface area (Å²) < 4.78 is 24.1. The number of likely N-dealkylation sites (tertiary alicyclic amines) is 1. The van der Waals surface area contributed by atoms with Crippen LogP contribution in [0.1, 0.15) is 24.8 Å². The van der Waals surface area contributed by atoms with Gasteiger partial charge in [-0.1, -0.05) is 23.7 Å². The number of aromatic nitrogens is 1. The van der Waals surface area contributed by atoms with Gasteiger partial charge in [-0.25, -0.2) is 4.39 Å². The van der Waals surface area contributed by atoms with Gasteiger partial charge in [0.25, 0.3) is 5.88 Å². The number of halogens is 2. The zero-order chi connectivity index (χ0) is 18.6. The average Bonchev–Trinajstić information content (AvgIpc) is 3.07. The van der Waals surface area contributed by atoms with Gasteiger partial charge in [-0.3, -0.25) is 4.90 Å². The van der Waals surface area contributed by atoms with E-state index in [4.69, 9.17) is 20.9 Å². The van der Waals surface area contributed by atoms with Crippen LogP contribution in [0, 0.1) is 11.7 Å². The molecule has 0 amide bonds. The first-order valence-corrected chi connectivity index (χ1v) is 9.70. The lowest BCUT2D eigenvalue weighted by molar-refractivity contribution is 0.155. The highest BCUT2D eigenvalue weighted by Gasteiger charge is 2.20. The molecule has 0 atom stereocenters. The Morgan fingerprint density at radius 2 is 1.93 bits per heavy atom. The van der Waals surface area contributed by atoms with Crippen molar-refractivity contribution in [2.24, 2.45) is 5.92 Å². The van der Waals surface area contributed by atoms with E-state index < -0.39 is 0 Å². The molecule has 0 saturated carbocycles. The maximum Gasteiger partial charge on any atom is 0.262 e. The van der Waals surface area contributed by atoms with Crippen LogP contribution >= 0.6 is 11.6 Å². The van der Waals surface area contributed by atoms with Crippen molar-refractivity contribution >= 4 is 22.6 Å². The van der Waals surface area contributed by atoms with Gasteiger partial charge in [0.05, 0.1) is 12.0 Å². The molecule has 1 saturated heterocycles. The molecule has 3 aromatic rings. The third kappa shape index (κ3) is 4.60. The van der Waals surface area contributed by atoms with Crippen molar-refractivity contribution in [3.8, 4) is 5.88 Å². The molecule has 0 unspecified atom stereocenters. The number of ether oxygens (including phenoxy) is 1. The zero-order valence-corrected chi connectivity index (χ0v) is 15.8. The van der Waals surface area contributed by atoms with Crippen molar-refractivity contribution < 1.29 is 13.7 Å². The summed E-state index contributed by atoms with van der Waals surface area (Å²) >= 11 is 5.95. The van der Waals surface area contributed by atoms with Crippen molar-refractivity contribution in [2.75, 3.05) is 19.7 Å². The molecular formula is C21H22ClFN2O2. The van der Waals surface area contributed by atoms with Crippen molar-refractivity contribution in [3.05, 3.63) is 58.9 Å². The second-order valence-electron chi connectivity index (χ2n) is 7.11. The van der Waals surface area contributed by atoms with E-state index >= 15 is 0 Å². The highest BCUT2D eigenvalue weighted by Crippen LogP contribution is 2.27. The van der Waals surface area contributed by atoms with Gasteiger partial charge in [0, 0.05) is 17.6 Å². The lowest BCUT2D eigenvalue weighted by Gasteiger charge is -2.31. The fourth-order valence-corrected chi connectivity index (χ4v) is 3.72. The quantitative estimate of drug-likeness (QED) is 0.574. The molecule has 1 aliphatic heterocycles. The molecule has 1 aliphatic rings. The number of fused-ring (bicyclic) bond motifs is 1. The van der Waals surface area contributed by atoms with Crippen molar-refractivity contribution in [3.63, 3.8) is 0 Å². The highest BCUT2D eigenvalue weighted by molar-refractivity contribution is 6.30. The van der Waals surface area contributed by atoms with Crippen molar-refractivity contribution in [2.45, 2.75) is 25.8 Å². The maximum absolute atomic E-state index is 13.2. The summed E-state index contributed by atoms with van der Waals surface area (Å²) in [6.45, 7) is 3.77. The molecule has 0 bridgehead atoms. The number of nitrogens with zero attached hydrogens (tertiary/aromatic N) is 2. The van der Waals surface area contributed by atoms with Gasteiger partial charge in [0.15, 0.2) is 5.58 Å². The van der Waals surface area contributed by atoms with Gasteiger partial charge in [0.1, 0.15) is 5.82 Å². The van der Waals surface area contributed by atoms with E-state index in [0.29, 0.717) is 29.4 Å². The lowest BCUT2D eigenvalue weighted by Crippen LogP contribution is -2.33. The first kappa shape index (κ1) is 18.3. The normalized spacial score (nSPS) is 16.1. The fourth-order valence-electron chi connectivity index (χ4n) is 3.60. The Kier molecular flexibility index (Phi) is 5.60. The summed E-state index contributed by atoms with van der Waals surface area (Å²) in [6, 6.07) is 12.4. The summed E-state index contributed by atoms with van der Waals surface area (Å²) in [5.41, 5.74) is 1.72. The Balaban J connectivity index is 1.22. The largest absolute Gasteiger partial charge is 0.475 e. The first-order chi connectivity index (χ1) is 13.2. The molecule has 0 spiro atoms. The van der Waals surface area contributed by atoms with Crippen LogP contribution in [0.2, 0.25) is 5.02 Å². The van der Waals surface area contributed by atoms with Gasteiger partial charge in [0.2, 0.25) is 0 Å². The average molecular weight is 389 g/mol. The van der Waals surface area contributed by atoms with Crippen LogP contribution in [0.3, 0.4) is 0 Å². The van der Waals surface area contributed by atoms with Gasteiger partial charge in [-0.15, -0.1) is 0 Å². The topological polar surface area (TPSA) is 38.5 Å². The Morgan fingerprint density at radius 1 is 1.15 bits per heavy atom. The predicted octanol–water partition coefficient (Wildman–Crippen LogP) is 5.30. The zero-order valence-electron chi connectivity index (χ0n) is 15.0. The Morgan fingerprint density at radius 3 is 2.70 bits per heavy atom. The molecule has 0 radical (unpaired) electrons. The molecule has 0 N–H and O–H groups in total. The predicted molar refractivity (Wildman–Crippen MR) is 104 cm³/mol. The monoisotopic (exact) mass is 388 g/mol. The lowest BCUT2D eigenvalue weighted by atomic mass is 9.93. The van der Waals surface area contributed by atoms with Crippen molar-refractivity contribution in [1.29, 1.82) is 0 Å². The molecule has 6 heteroatoms. The van der Waals surface area contributed by atoms with E-state index in [2.05, 4.69) is 22.2 Å². The molecule has 0 aliphatic carbocycles. The summed E-state index contributed by atoms with van der Waals surface area (Å²) in [7, 11) is 0. The molecule has 1 aromatic heterocycles. The summed E-state index contributed by atoms with van der Waals surface area (Å²) in [5.74, 6) is 0.766. The SMILES string of the molecule is Fc1ccc2c(OCCC3CCN(Cc4ccc(Cl)cc4)CC3)noc2c1. The minimum absolute atomic E-state index is 0.337. The number of piperidine rings is 1. The van der Waals surface area contributed by atoms with E-state index in [-0.39, 0.29) is 5.82 Å². The van der Waals surface area contributed by atoms with Crippen molar-refractivity contribution in [1.82, 2.24) is 10.1 Å². The number of benzene rings is 2. The van der Waals surface area contributed by atoms with Crippen LogP contribution in [-0.4, -0.2) is 29.8 Å². The van der Waals surface area contributed by atoms with E-state index in [1.54, 1.807) is 6.07 Å². The third-order valence-corrected chi connectivity index (χ3v) is 5.44. The Bertz CT molecular complexity index is 889.